The van der Waals surface area contributed by atoms with Crippen LogP contribution >= 0.6 is 0 Å². The van der Waals surface area contributed by atoms with Gasteiger partial charge < -0.3 is 20.1 Å². The van der Waals surface area contributed by atoms with Crippen LogP contribution in [0.5, 0.6) is 0 Å². The Kier molecular flexibility index (Phi) is 4.64. The van der Waals surface area contributed by atoms with E-state index in [1.807, 2.05) is 0 Å². The molecule has 3 N–H and O–H groups in total. The molecule has 0 aromatic carbocycles. The van der Waals surface area contributed by atoms with E-state index < -0.39 is 0 Å². The van der Waals surface area contributed by atoms with E-state index in [2.05, 4.69) is 6.92 Å². The summed E-state index contributed by atoms with van der Waals surface area (Å²) < 4.78 is 5.62. The fourth-order valence-corrected chi connectivity index (χ4v) is 7.64. The summed E-state index contributed by atoms with van der Waals surface area (Å²) in [4.78, 5) is 11.6. The molecule has 9 atom stereocenters. The van der Waals surface area contributed by atoms with Crippen molar-refractivity contribution in [3.63, 3.8) is 0 Å². The number of carbonyl (C=O) groups excluding carboxylic acids is 1. The first-order valence-electron chi connectivity index (χ1n) is 10.5. The van der Waals surface area contributed by atoms with Gasteiger partial charge in [0.25, 0.3) is 0 Å². The number of hydrogen-bond acceptors (Lipinski definition) is 5. The lowest BCUT2D eigenvalue weighted by Gasteiger charge is -2.62. The van der Waals surface area contributed by atoms with Crippen LogP contribution in [0.3, 0.4) is 0 Å². The van der Waals surface area contributed by atoms with E-state index in [9.17, 15) is 20.1 Å². The molecule has 26 heavy (non-hydrogen) atoms. The van der Waals surface area contributed by atoms with Gasteiger partial charge in [0, 0.05) is 12.3 Å². The van der Waals surface area contributed by atoms with Crippen LogP contribution in [0.15, 0.2) is 0 Å². The molecular weight excluding hydrogens is 332 g/mol. The number of aliphatic hydroxyl groups excluding tert-OH is 3. The van der Waals surface area contributed by atoms with Gasteiger partial charge in [-0.15, -0.1) is 0 Å². The van der Waals surface area contributed by atoms with Gasteiger partial charge in [0.1, 0.15) is 6.10 Å². The van der Waals surface area contributed by atoms with Gasteiger partial charge in [0.05, 0.1) is 18.8 Å². The van der Waals surface area contributed by atoms with E-state index in [0.717, 1.165) is 51.4 Å². The van der Waals surface area contributed by atoms with Crippen LogP contribution in [0.25, 0.3) is 0 Å². The van der Waals surface area contributed by atoms with Crippen molar-refractivity contribution < 1.29 is 24.9 Å². The number of hydrogen-bond donors (Lipinski definition) is 3. The summed E-state index contributed by atoms with van der Waals surface area (Å²) in [5.74, 6) is 0.936. The van der Waals surface area contributed by atoms with Crippen LogP contribution in [-0.4, -0.2) is 46.2 Å². The van der Waals surface area contributed by atoms with E-state index in [4.69, 9.17) is 4.74 Å². The summed E-state index contributed by atoms with van der Waals surface area (Å²) in [5.41, 5.74) is -0.213. The third-order valence-corrected chi connectivity index (χ3v) is 8.89. The first-order chi connectivity index (χ1) is 12.3. The van der Waals surface area contributed by atoms with Gasteiger partial charge in [-0.05, 0) is 80.5 Å². The largest absolute Gasteiger partial charge is 0.462 e. The molecule has 0 bridgehead atoms. The standard InChI is InChI=1S/C21H34O5/c1-12(23)26-18-4-3-16-19-15(6-8-21(16,18)11-22)20(2)7-5-14(24)9-13(20)10-17(19)25/h13-19,22,24-25H,3-11H2,1-2H3/t13?,14-,15?,16?,17-,18-,19?,20-,21+/m0/s1. The van der Waals surface area contributed by atoms with Crippen LogP contribution in [0.4, 0.5) is 0 Å². The maximum Gasteiger partial charge on any atom is 0.302 e. The number of aliphatic hydroxyl groups is 3. The van der Waals surface area contributed by atoms with E-state index >= 15 is 0 Å². The SMILES string of the molecule is CC(=O)O[C@H]1CCC2C3C(CC[C@@]21CO)[C@@]1(C)CC[C@H](O)CC1C[C@@H]3O. The molecule has 4 saturated carbocycles. The molecule has 0 saturated heterocycles. The quantitative estimate of drug-likeness (QED) is 0.653. The van der Waals surface area contributed by atoms with Crippen molar-refractivity contribution >= 4 is 5.97 Å². The van der Waals surface area contributed by atoms with Crippen LogP contribution in [0, 0.1) is 34.5 Å². The van der Waals surface area contributed by atoms with Gasteiger partial charge in [-0.2, -0.15) is 0 Å². The Morgan fingerprint density at radius 1 is 1.08 bits per heavy atom. The van der Waals surface area contributed by atoms with Crippen molar-refractivity contribution in [3.8, 4) is 0 Å². The molecule has 0 radical (unpaired) electrons. The number of carbonyl (C=O) groups is 1. The molecule has 148 valence electrons. The first kappa shape index (κ1) is 18.7. The van der Waals surface area contributed by atoms with Crippen LogP contribution in [0.2, 0.25) is 0 Å². The Morgan fingerprint density at radius 2 is 1.85 bits per heavy atom. The van der Waals surface area contributed by atoms with Crippen LogP contribution in [0.1, 0.15) is 65.2 Å². The average molecular weight is 366 g/mol. The van der Waals surface area contributed by atoms with Crippen molar-refractivity contribution in [1.82, 2.24) is 0 Å². The molecule has 4 unspecified atom stereocenters. The van der Waals surface area contributed by atoms with E-state index in [1.165, 1.54) is 6.92 Å². The predicted octanol–water partition coefficient (Wildman–Crippen LogP) is 2.26. The highest BCUT2D eigenvalue weighted by Crippen LogP contribution is 2.66. The third kappa shape index (κ3) is 2.57. The monoisotopic (exact) mass is 366 g/mol. The Balaban J connectivity index is 1.65. The van der Waals surface area contributed by atoms with Crippen molar-refractivity contribution in [1.29, 1.82) is 0 Å². The zero-order valence-electron chi connectivity index (χ0n) is 16.1. The van der Waals surface area contributed by atoms with E-state index in [-0.39, 0.29) is 53.6 Å². The molecule has 0 amide bonds. The Labute approximate surface area is 156 Å². The van der Waals surface area contributed by atoms with Crippen LogP contribution in [-0.2, 0) is 9.53 Å². The van der Waals surface area contributed by atoms with E-state index in [0.29, 0.717) is 11.8 Å². The lowest BCUT2D eigenvalue weighted by molar-refractivity contribution is -0.194. The van der Waals surface area contributed by atoms with E-state index in [1.54, 1.807) is 0 Å². The maximum absolute atomic E-state index is 11.6. The minimum absolute atomic E-state index is 0.0322. The first-order valence-corrected chi connectivity index (χ1v) is 10.5. The second-order valence-electron chi connectivity index (χ2n) is 9.83. The molecule has 5 nitrogen and oxygen atoms in total. The second kappa shape index (κ2) is 6.46. The zero-order chi connectivity index (χ0) is 18.7. The van der Waals surface area contributed by atoms with Gasteiger partial charge >= 0.3 is 5.97 Å². The zero-order valence-corrected chi connectivity index (χ0v) is 16.1. The minimum atomic E-state index is -0.384. The Bertz CT molecular complexity index is 565. The molecule has 0 aromatic rings. The molecule has 4 rings (SSSR count). The molecule has 0 aromatic heterocycles. The second-order valence-corrected chi connectivity index (χ2v) is 9.83. The molecule has 4 aliphatic rings. The summed E-state index contributed by atoms with van der Waals surface area (Å²) in [6.07, 6.45) is 6.17. The molecule has 5 heteroatoms. The molecule has 4 fully saturated rings. The van der Waals surface area contributed by atoms with Crippen molar-refractivity contribution in [3.05, 3.63) is 0 Å². The maximum atomic E-state index is 11.6. The molecule has 0 spiro atoms. The fraction of sp³-hybridized carbons (Fsp3) is 0.952. The molecular formula is C21H34O5. The number of rotatable bonds is 2. The molecule has 4 aliphatic carbocycles. The van der Waals surface area contributed by atoms with Gasteiger partial charge in [-0.1, -0.05) is 6.92 Å². The number of esters is 1. The molecule has 0 aliphatic heterocycles. The third-order valence-electron chi connectivity index (χ3n) is 8.89. The lowest BCUT2D eigenvalue weighted by atomic mass is 9.44. The summed E-state index contributed by atoms with van der Waals surface area (Å²) in [7, 11) is 0. The summed E-state index contributed by atoms with van der Waals surface area (Å²) in [5, 5.41) is 31.6. The predicted molar refractivity (Wildman–Crippen MR) is 96.1 cm³/mol. The summed E-state index contributed by atoms with van der Waals surface area (Å²) in [6, 6.07) is 0. The molecule has 0 heterocycles. The average Bonchev–Trinajstić information content (AvgIpc) is 2.95. The minimum Gasteiger partial charge on any atom is -0.462 e. The highest BCUT2D eigenvalue weighted by Gasteiger charge is 2.64. The smallest absolute Gasteiger partial charge is 0.302 e. The summed E-state index contributed by atoms with van der Waals surface area (Å²) in [6.45, 7) is 3.85. The fourth-order valence-electron chi connectivity index (χ4n) is 7.64. The number of fused-ring (bicyclic) bond motifs is 5. The van der Waals surface area contributed by atoms with Crippen LogP contribution < -0.4 is 0 Å². The summed E-state index contributed by atoms with van der Waals surface area (Å²) >= 11 is 0. The van der Waals surface area contributed by atoms with Crippen molar-refractivity contribution in [2.75, 3.05) is 6.61 Å². The highest BCUT2D eigenvalue weighted by molar-refractivity contribution is 5.66. The van der Waals surface area contributed by atoms with Gasteiger partial charge in [0.15, 0.2) is 0 Å². The topological polar surface area (TPSA) is 87.0 Å². The Morgan fingerprint density at radius 3 is 2.54 bits per heavy atom. The van der Waals surface area contributed by atoms with Gasteiger partial charge in [-0.3, -0.25) is 4.79 Å². The highest BCUT2D eigenvalue weighted by atomic mass is 16.5. The van der Waals surface area contributed by atoms with Gasteiger partial charge in [-0.25, -0.2) is 0 Å². The number of ether oxygens (including phenoxy) is 1. The van der Waals surface area contributed by atoms with Crippen molar-refractivity contribution in [2.24, 2.45) is 34.5 Å². The van der Waals surface area contributed by atoms with Gasteiger partial charge in [0.2, 0.25) is 0 Å². The normalized spacial score (nSPS) is 53.3. The lowest BCUT2D eigenvalue weighted by Crippen LogP contribution is -2.60. The van der Waals surface area contributed by atoms with Crippen molar-refractivity contribution in [2.45, 2.75) is 83.5 Å². The Hall–Kier alpha value is -0.650.